The largest absolute Gasteiger partial charge is 0.339 e. The van der Waals surface area contributed by atoms with E-state index in [2.05, 4.69) is 32.4 Å². The van der Waals surface area contributed by atoms with Crippen molar-refractivity contribution >= 4 is 22.8 Å². The zero-order valence-corrected chi connectivity index (χ0v) is 17.9. The summed E-state index contributed by atoms with van der Waals surface area (Å²) in [6.07, 6.45) is 9.70. The summed E-state index contributed by atoms with van der Waals surface area (Å²) in [4.78, 5) is 45.5. The molecular weight excluding hydrogens is 406 g/mol. The monoisotopic (exact) mass is 433 g/mol. The first-order valence-electron chi connectivity index (χ1n) is 11.6. The molecule has 3 aromatic rings. The smallest absolute Gasteiger partial charge is 0.330 e. The van der Waals surface area contributed by atoms with E-state index < -0.39 is 11.2 Å². The van der Waals surface area contributed by atoms with Gasteiger partial charge in [-0.05, 0) is 79.4 Å². The second-order valence-corrected chi connectivity index (χ2v) is 10.1. The molecule has 1 aromatic carbocycles. The normalized spacial score (nSPS) is 28.3. The quantitative estimate of drug-likeness (QED) is 0.574. The van der Waals surface area contributed by atoms with Gasteiger partial charge in [0.15, 0.2) is 5.65 Å². The van der Waals surface area contributed by atoms with Crippen LogP contribution in [0, 0.1) is 17.8 Å². The van der Waals surface area contributed by atoms with Crippen LogP contribution < -0.4 is 16.6 Å². The van der Waals surface area contributed by atoms with E-state index >= 15 is 0 Å². The number of rotatable bonds is 5. The Morgan fingerprint density at radius 1 is 1.06 bits per heavy atom. The van der Waals surface area contributed by atoms with Gasteiger partial charge < -0.3 is 10.3 Å². The number of carbonyl (C=O) groups excluding carboxylic acids is 1. The van der Waals surface area contributed by atoms with Gasteiger partial charge in [0, 0.05) is 18.7 Å². The zero-order valence-electron chi connectivity index (χ0n) is 17.9. The van der Waals surface area contributed by atoms with Crippen molar-refractivity contribution in [1.82, 2.24) is 19.5 Å². The van der Waals surface area contributed by atoms with E-state index in [-0.39, 0.29) is 30.0 Å². The molecule has 0 spiro atoms. The molecule has 0 aliphatic heterocycles. The fraction of sp³-hybridized carbons (Fsp3) is 0.500. The van der Waals surface area contributed by atoms with E-state index in [1.807, 2.05) is 12.1 Å². The Labute approximate surface area is 184 Å². The van der Waals surface area contributed by atoms with Gasteiger partial charge in [-0.15, -0.1) is 0 Å². The van der Waals surface area contributed by atoms with Crippen LogP contribution in [0.2, 0.25) is 0 Å². The average molecular weight is 434 g/mol. The molecular formula is C24H27N5O3. The molecule has 32 heavy (non-hydrogen) atoms. The molecule has 4 aliphatic rings. The number of H-pyrrole nitrogens is 2. The third-order valence-electron chi connectivity index (χ3n) is 7.95. The second-order valence-electron chi connectivity index (χ2n) is 10.1. The van der Waals surface area contributed by atoms with Crippen LogP contribution in [0.1, 0.15) is 50.5 Å². The van der Waals surface area contributed by atoms with E-state index in [4.69, 9.17) is 0 Å². The molecule has 1 amide bonds. The number of aryl methyl sites for hydroxylation is 1. The first kappa shape index (κ1) is 19.5. The molecule has 0 unspecified atom stereocenters. The molecule has 8 heteroatoms. The highest BCUT2D eigenvalue weighted by Crippen LogP contribution is 2.60. The van der Waals surface area contributed by atoms with Gasteiger partial charge in [0.1, 0.15) is 5.52 Å². The van der Waals surface area contributed by atoms with Crippen LogP contribution in [0.4, 0.5) is 5.69 Å². The predicted octanol–water partition coefficient (Wildman–Crippen LogP) is 2.91. The molecule has 4 fully saturated rings. The van der Waals surface area contributed by atoms with Crippen LogP contribution >= 0.6 is 0 Å². The van der Waals surface area contributed by atoms with Crippen molar-refractivity contribution in [3.63, 3.8) is 0 Å². The van der Waals surface area contributed by atoms with Crippen LogP contribution in [0.25, 0.3) is 11.2 Å². The lowest BCUT2D eigenvalue weighted by atomic mass is 9.48. The number of nitrogens with one attached hydrogen (secondary N) is 3. The molecule has 4 saturated carbocycles. The minimum Gasteiger partial charge on any atom is -0.339 e. The summed E-state index contributed by atoms with van der Waals surface area (Å²) in [5, 5.41) is 2.93. The average Bonchev–Trinajstić information content (AvgIpc) is 3.23. The van der Waals surface area contributed by atoms with Gasteiger partial charge >= 0.3 is 5.69 Å². The summed E-state index contributed by atoms with van der Waals surface area (Å²) in [6.45, 7) is 0.133. The van der Waals surface area contributed by atoms with Gasteiger partial charge in [-0.3, -0.25) is 19.1 Å². The molecule has 8 nitrogen and oxygen atoms in total. The fourth-order valence-electron chi connectivity index (χ4n) is 7.00. The van der Waals surface area contributed by atoms with E-state index in [1.54, 1.807) is 0 Å². The first-order valence-corrected chi connectivity index (χ1v) is 11.6. The summed E-state index contributed by atoms with van der Waals surface area (Å²) in [5.41, 5.74) is 1.94. The van der Waals surface area contributed by atoms with Crippen LogP contribution in [-0.2, 0) is 16.8 Å². The predicted molar refractivity (Wildman–Crippen MR) is 121 cm³/mol. The highest BCUT2D eigenvalue weighted by atomic mass is 16.2. The van der Waals surface area contributed by atoms with Gasteiger partial charge in [-0.25, -0.2) is 9.78 Å². The minimum absolute atomic E-state index is 0.102. The SMILES string of the molecule is O=C(CCn1c(=O)[nH]c(=O)c2[nH]cnc21)Nc1ccc(C23CC4CC(CC(C4)C2)C3)cc1. The third-order valence-corrected chi connectivity index (χ3v) is 7.95. The molecule has 2 aromatic heterocycles. The Kier molecular flexibility index (Phi) is 4.38. The Hall–Kier alpha value is -3.16. The van der Waals surface area contributed by atoms with Crippen LogP contribution in [0.3, 0.4) is 0 Å². The topological polar surface area (TPSA) is 113 Å². The minimum atomic E-state index is -0.567. The maximum Gasteiger partial charge on any atom is 0.330 e. The molecule has 0 atom stereocenters. The van der Waals surface area contributed by atoms with Crippen LogP contribution in [0.15, 0.2) is 40.2 Å². The van der Waals surface area contributed by atoms with Crippen molar-refractivity contribution in [2.45, 2.75) is 56.9 Å². The van der Waals surface area contributed by atoms with Gasteiger partial charge in [0.2, 0.25) is 5.91 Å². The standard InChI is InChI=1S/C24H27N5O3/c30-19(5-6-29-21-20(25-13-26-21)22(31)28-23(29)32)27-18-3-1-17(2-4-18)24-10-14-7-15(11-24)9-16(8-14)12-24/h1-4,13-16H,5-12H2,(H,25,26)(H,27,30)(H,28,31,32). The number of benzene rings is 1. The Bertz CT molecular complexity index is 1260. The first-order chi connectivity index (χ1) is 15.5. The number of amides is 1. The van der Waals surface area contributed by atoms with Gasteiger partial charge in [0.05, 0.1) is 6.33 Å². The van der Waals surface area contributed by atoms with Gasteiger partial charge in [-0.2, -0.15) is 0 Å². The highest BCUT2D eigenvalue weighted by Gasteiger charge is 2.51. The molecule has 0 radical (unpaired) electrons. The molecule has 0 saturated heterocycles. The van der Waals surface area contributed by atoms with E-state index in [9.17, 15) is 14.4 Å². The zero-order chi connectivity index (χ0) is 21.9. The highest BCUT2D eigenvalue weighted by molar-refractivity contribution is 5.90. The van der Waals surface area contributed by atoms with Gasteiger partial charge in [-0.1, -0.05) is 12.1 Å². The summed E-state index contributed by atoms with van der Waals surface area (Å²) in [6, 6.07) is 8.40. The van der Waals surface area contributed by atoms with Gasteiger partial charge in [0.25, 0.3) is 5.56 Å². The lowest BCUT2D eigenvalue weighted by molar-refractivity contribution is -0.116. The van der Waals surface area contributed by atoms with E-state index in [1.165, 1.54) is 55.0 Å². The van der Waals surface area contributed by atoms with Crippen molar-refractivity contribution in [1.29, 1.82) is 0 Å². The summed E-state index contributed by atoms with van der Waals surface area (Å²) in [5.74, 6) is 2.52. The number of aromatic nitrogens is 4. The van der Waals surface area contributed by atoms with E-state index in [0.29, 0.717) is 5.41 Å². The number of nitrogens with zero attached hydrogens (tertiary/aromatic N) is 2. The summed E-state index contributed by atoms with van der Waals surface area (Å²) >= 11 is 0. The maximum absolute atomic E-state index is 12.5. The Morgan fingerprint density at radius 2 is 1.72 bits per heavy atom. The lowest BCUT2D eigenvalue weighted by Crippen LogP contribution is -2.48. The molecule has 4 aliphatic carbocycles. The summed E-state index contributed by atoms with van der Waals surface area (Å²) < 4.78 is 1.31. The molecule has 166 valence electrons. The molecule has 7 rings (SSSR count). The third kappa shape index (κ3) is 3.20. The number of carbonyl (C=O) groups is 1. The van der Waals surface area contributed by atoms with Crippen molar-refractivity contribution in [3.8, 4) is 0 Å². The Balaban J connectivity index is 1.13. The summed E-state index contributed by atoms with van der Waals surface area (Å²) in [7, 11) is 0. The lowest BCUT2D eigenvalue weighted by Gasteiger charge is -2.57. The van der Waals surface area contributed by atoms with Crippen molar-refractivity contribution < 1.29 is 4.79 Å². The number of hydrogen-bond acceptors (Lipinski definition) is 4. The van der Waals surface area contributed by atoms with Crippen LogP contribution in [-0.4, -0.2) is 25.4 Å². The fourth-order valence-corrected chi connectivity index (χ4v) is 7.00. The number of anilines is 1. The number of aromatic amines is 2. The Morgan fingerprint density at radius 3 is 2.38 bits per heavy atom. The molecule has 3 N–H and O–H groups in total. The maximum atomic E-state index is 12.5. The van der Waals surface area contributed by atoms with Crippen LogP contribution in [0.5, 0.6) is 0 Å². The number of imidazole rings is 1. The van der Waals surface area contributed by atoms with E-state index in [0.717, 1.165) is 23.4 Å². The number of hydrogen-bond donors (Lipinski definition) is 3. The number of fused-ring (bicyclic) bond motifs is 1. The van der Waals surface area contributed by atoms with Crippen molar-refractivity contribution in [2.75, 3.05) is 5.32 Å². The van der Waals surface area contributed by atoms with Crippen molar-refractivity contribution in [2.24, 2.45) is 17.8 Å². The molecule has 4 bridgehead atoms. The second kappa shape index (κ2) is 7.18. The molecule has 2 heterocycles. The van der Waals surface area contributed by atoms with Crippen molar-refractivity contribution in [3.05, 3.63) is 57.0 Å².